The van der Waals surface area contributed by atoms with Crippen LogP contribution in [0.3, 0.4) is 0 Å². The molecule has 1 aromatic carbocycles. The van der Waals surface area contributed by atoms with E-state index in [1.54, 1.807) is 24.3 Å². The highest BCUT2D eigenvalue weighted by Gasteiger charge is 2.13. The number of carboxylic acids is 1. The van der Waals surface area contributed by atoms with Crippen LogP contribution in [0.15, 0.2) is 30.3 Å². The zero-order chi connectivity index (χ0) is 14.5. The highest BCUT2D eigenvalue weighted by molar-refractivity contribution is 6.29. The van der Waals surface area contributed by atoms with Crippen molar-refractivity contribution >= 4 is 28.9 Å². The first-order chi connectivity index (χ1) is 9.60. The number of rotatable bonds is 5. The van der Waals surface area contributed by atoms with E-state index in [9.17, 15) is 4.79 Å². The van der Waals surface area contributed by atoms with Crippen LogP contribution in [0.1, 0.15) is 17.4 Å². The van der Waals surface area contributed by atoms with E-state index in [0.717, 1.165) is 5.75 Å². The largest absolute Gasteiger partial charge is 0.494 e. The van der Waals surface area contributed by atoms with Crippen LogP contribution >= 0.6 is 11.6 Å². The number of benzene rings is 1. The molecule has 0 radical (unpaired) electrons. The fraction of sp³-hybridized carbons (Fsp3) is 0.154. The van der Waals surface area contributed by atoms with Crippen LogP contribution in [-0.2, 0) is 0 Å². The number of nitrogens with one attached hydrogen (secondary N) is 1. The maximum atomic E-state index is 11.1. The summed E-state index contributed by atoms with van der Waals surface area (Å²) in [5.41, 5.74) is 0.782. The molecule has 0 saturated carbocycles. The van der Waals surface area contributed by atoms with Crippen molar-refractivity contribution < 1.29 is 14.6 Å². The minimum atomic E-state index is -1.18. The number of halogens is 1. The molecule has 0 atom stereocenters. The quantitative estimate of drug-likeness (QED) is 0.881. The molecule has 104 valence electrons. The molecule has 1 aromatic heterocycles. The first-order valence-corrected chi connectivity index (χ1v) is 6.24. The average molecular weight is 294 g/mol. The number of hydrogen-bond acceptors (Lipinski definition) is 5. The molecule has 0 aliphatic rings. The van der Waals surface area contributed by atoms with Crippen LogP contribution in [-0.4, -0.2) is 27.9 Å². The van der Waals surface area contributed by atoms with E-state index in [4.69, 9.17) is 21.4 Å². The van der Waals surface area contributed by atoms with Crippen molar-refractivity contribution in [1.29, 1.82) is 0 Å². The summed E-state index contributed by atoms with van der Waals surface area (Å²) in [6.07, 6.45) is 0. The zero-order valence-corrected chi connectivity index (χ0v) is 11.4. The summed E-state index contributed by atoms with van der Waals surface area (Å²) in [6, 6.07) is 8.51. The van der Waals surface area contributed by atoms with Gasteiger partial charge in [-0.3, -0.25) is 0 Å². The van der Waals surface area contributed by atoms with E-state index in [0.29, 0.717) is 12.3 Å². The van der Waals surface area contributed by atoms with Gasteiger partial charge < -0.3 is 15.2 Å². The molecule has 6 nitrogen and oxygen atoms in total. The van der Waals surface area contributed by atoms with Gasteiger partial charge in [-0.2, -0.15) is 0 Å². The summed E-state index contributed by atoms with van der Waals surface area (Å²) in [6.45, 7) is 2.48. The second-order valence-corrected chi connectivity index (χ2v) is 4.20. The molecule has 0 aliphatic carbocycles. The molecule has 0 saturated heterocycles. The molecule has 0 amide bonds. The highest BCUT2D eigenvalue weighted by atomic mass is 35.5. The third kappa shape index (κ3) is 3.36. The van der Waals surface area contributed by atoms with Crippen molar-refractivity contribution in [3.05, 3.63) is 41.2 Å². The van der Waals surface area contributed by atoms with Gasteiger partial charge in [-0.25, -0.2) is 4.79 Å². The molecular formula is C13H12ClN3O3. The van der Waals surface area contributed by atoms with Crippen molar-refractivity contribution in [2.45, 2.75) is 6.92 Å². The van der Waals surface area contributed by atoms with Gasteiger partial charge in [0.15, 0.2) is 10.8 Å². The van der Waals surface area contributed by atoms with Gasteiger partial charge in [-0.15, -0.1) is 10.2 Å². The number of nitrogens with zero attached hydrogens (tertiary/aromatic N) is 2. The van der Waals surface area contributed by atoms with Crippen LogP contribution < -0.4 is 10.1 Å². The Morgan fingerprint density at radius 3 is 2.65 bits per heavy atom. The molecule has 0 fully saturated rings. The minimum absolute atomic E-state index is 0.114. The Balaban J connectivity index is 2.25. The molecule has 20 heavy (non-hydrogen) atoms. The Kier molecular flexibility index (Phi) is 4.37. The predicted octanol–water partition coefficient (Wildman–Crippen LogP) is 2.97. The first kappa shape index (κ1) is 14.1. The van der Waals surface area contributed by atoms with Crippen molar-refractivity contribution in [3.8, 4) is 5.75 Å². The van der Waals surface area contributed by atoms with E-state index in [-0.39, 0.29) is 16.5 Å². The number of aromatic carboxylic acids is 1. The molecule has 2 aromatic rings. The summed E-state index contributed by atoms with van der Waals surface area (Å²) in [5, 5.41) is 19.2. The van der Waals surface area contributed by atoms with Crippen molar-refractivity contribution in [3.63, 3.8) is 0 Å². The maximum absolute atomic E-state index is 11.1. The summed E-state index contributed by atoms with van der Waals surface area (Å²) >= 11 is 5.73. The summed E-state index contributed by atoms with van der Waals surface area (Å²) in [4.78, 5) is 11.1. The monoisotopic (exact) mass is 293 g/mol. The van der Waals surface area contributed by atoms with E-state index in [1.807, 2.05) is 6.92 Å². The zero-order valence-electron chi connectivity index (χ0n) is 10.6. The number of ether oxygens (including phenoxy) is 1. The third-order valence-corrected chi connectivity index (χ3v) is 2.60. The number of carbonyl (C=O) groups is 1. The number of carboxylic acid groups (broad SMARTS) is 1. The van der Waals surface area contributed by atoms with Gasteiger partial charge in [0, 0.05) is 11.8 Å². The lowest BCUT2D eigenvalue weighted by Gasteiger charge is -2.09. The molecule has 7 heteroatoms. The van der Waals surface area contributed by atoms with Crippen molar-refractivity contribution in [2.24, 2.45) is 0 Å². The third-order valence-electron chi connectivity index (χ3n) is 2.41. The standard InChI is InChI=1S/C13H12ClN3O3/c1-2-20-9-5-3-8(4-6-9)15-10-7-11(14)16-17-12(10)13(18)19/h3-7H,2H2,1H3,(H,15,16)(H,18,19). The van der Waals surface area contributed by atoms with Crippen molar-refractivity contribution in [2.75, 3.05) is 11.9 Å². The van der Waals surface area contributed by atoms with Crippen LogP contribution in [0.5, 0.6) is 5.75 Å². The summed E-state index contributed by atoms with van der Waals surface area (Å²) in [5.74, 6) is -0.440. The normalized spacial score (nSPS) is 10.1. The minimum Gasteiger partial charge on any atom is -0.494 e. The van der Waals surface area contributed by atoms with E-state index >= 15 is 0 Å². The predicted molar refractivity (Wildman–Crippen MR) is 74.9 cm³/mol. The van der Waals surface area contributed by atoms with E-state index in [1.165, 1.54) is 6.07 Å². The van der Waals surface area contributed by atoms with Crippen LogP contribution in [0.4, 0.5) is 11.4 Å². The molecule has 0 aliphatic heterocycles. The lowest BCUT2D eigenvalue weighted by Crippen LogP contribution is -2.07. The fourth-order valence-corrected chi connectivity index (χ4v) is 1.72. The molecule has 0 bridgehead atoms. The van der Waals surface area contributed by atoms with Crippen molar-refractivity contribution in [1.82, 2.24) is 10.2 Å². The Hall–Kier alpha value is -2.34. The summed E-state index contributed by atoms with van der Waals surface area (Å²) in [7, 11) is 0. The summed E-state index contributed by atoms with van der Waals surface area (Å²) < 4.78 is 5.33. The molecule has 0 unspecified atom stereocenters. The van der Waals surface area contributed by atoms with Crippen LogP contribution in [0, 0.1) is 0 Å². The molecule has 1 heterocycles. The fourth-order valence-electron chi connectivity index (χ4n) is 1.58. The maximum Gasteiger partial charge on any atom is 0.358 e. The Bertz CT molecular complexity index is 617. The number of anilines is 2. The van der Waals surface area contributed by atoms with E-state index in [2.05, 4.69) is 15.5 Å². The highest BCUT2D eigenvalue weighted by Crippen LogP contribution is 2.23. The molecule has 0 spiro atoms. The van der Waals surface area contributed by atoms with Gasteiger partial charge in [0.05, 0.1) is 12.3 Å². The van der Waals surface area contributed by atoms with Gasteiger partial charge >= 0.3 is 5.97 Å². The number of hydrogen-bond donors (Lipinski definition) is 2. The SMILES string of the molecule is CCOc1ccc(Nc2cc(Cl)nnc2C(=O)O)cc1. The van der Waals surface area contributed by atoms with E-state index < -0.39 is 5.97 Å². The Morgan fingerprint density at radius 2 is 2.05 bits per heavy atom. The van der Waals surface area contributed by atoms with Gasteiger partial charge in [-0.1, -0.05) is 11.6 Å². The van der Waals surface area contributed by atoms with Gasteiger partial charge in [0.1, 0.15) is 5.75 Å². The molecule has 2 N–H and O–H groups in total. The first-order valence-electron chi connectivity index (χ1n) is 5.86. The molecule has 2 rings (SSSR count). The topological polar surface area (TPSA) is 84.3 Å². The smallest absolute Gasteiger partial charge is 0.358 e. The van der Waals surface area contributed by atoms with Crippen LogP contribution in [0.25, 0.3) is 0 Å². The Morgan fingerprint density at radius 1 is 1.35 bits per heavy atom. The lowest BCUT2D eigenvalue weighted by molar-refractivity contribution is 0.0690. The Labute approximate surface area is 120 Å². The van der Waals surface area contributed by atoms with Gasteiger partial charge in [0.25, 0.3) is 0 Å². The second kappa shape index (κ2) is 6.21. The second-order valence-electron chi connectivity index (χ2n) is 3.82. The average Bonchev–Trinajstić information content (AvgIpc) is 2.41. The van der Waals surface area contributed by atoms with Gasteiger partial charge in [-0.05, 0) is 31.2 Å². The molecular weight excluding hydrogens is 282 g/mol. The number of aromatic nitrogens is 2. The lowest BCUT2D eigenvalue weighted by atomic mass is 10.2. The van der Waals surface area contributed by atoms with Crippen LogP contribution in [0.2, 0.25) is 5.15 Å². The van der Waals surface area contributed by atoms with Gasteiger partial charge in [0.2, 0.25) is 0 Å².